The van der Waals surface area contributed by atoms with E-state index in [9.17, 15) is 31.9 Å². The van der Waals surface area contributed by atoms with Crippen molar-refractivity contribution in [2.24, 2.45) is 11.8 Å². The highest BCUT2D eigenvalue weighted by Crippen LogP contribution is 2.47. The van der Waals surface area contributed by atoms with Gasteiger partial charge in [0, 0.05) is 38.5 Å². The Bertz CT molecular complexity index is 662. The van der Waals surface area contributed by atoms with E-state index >= 15 is 0 Å². The van der Waals surface area contributed by atoms with Gasteiger partial charge in [0.2, 0.25) is 11.8 Å². The van der Waals surface area contributed by atoms with Crippen molar-refractivity contribution in [2.45, 2.75) is 70.0 Å². The molecule has 3 aliphatic rings. The molecule has 0 aromatic carbocycles. The number of hydrogen-bond donors (Lipinski definition) is 0. The average molecular weight is 456 g/mol. The number of carbonyl (C=O) groups excluding carboxylic acids is 3. The van der Waals surface area contributed by atoms with E-state index in [0.29, 0.717) is 13.2 Å². The lowest BCUT2D eigenvalue weighted by atomic mass is 9.81. The van der Waals surface area contributed by atoms with Crippen LogP contribution in [0.25, 0.3) is 0 Å². The molecular weight excluding hydrogens is 428 g/mol. The molecular formula is C20H28F4O7. The summed E-state index contributed by atoms with van der Waals surface area (Å²) >= 11 is 0. The highest BCUT2D eigenvalue weighted by atomic mass is 19.3. The molecule has 1 heterocycles. The van der Waals surface area contributed by atoms with Crippen molar-refractivity contribution < 1.29 is 50.9 Å². The fourth-order valence-electron chi connectivity index (χ4n) is 3.86. The number of hydrogen-bond acceptors (Lipinski definition) is 7. The van der Waals surface area contributed by atoms with Crippen molar-refractivity contribution in [3.05, 3.63) is 0 Å². The summed E-state index contributed by atoms with van der Waals surface area (Å²) in [6.45, 7) is 4.15. The molecule has 178 valence electrons. The van der Waals surface area contributed by atoms with Crippen LogP contribution in [0.1, 0.15) is 52.4 Å². The fourth-order valence-corrected chi connectivity index (χ4v) is 3.86. The zero-order valence-corrected chi connectivity index (χ0v) is 17.6. The Balaban J connectivity index is 0.000000225. The van der Waals surface area contributed by atoms with Gasteiger partial charge in [-0.25, -0.2) is 17.6 Å². The van der Waals surface area contributed by atoms with Gasteiger partial charge in [-0.05, 0) is 13.8 Å². The number of ketones is 1. The summed E-state index contributed by atoms with van der Waals surface area (Å²) in [5.41, 5.74) is 0. The van der Waals surface area contributed by atoms with Crippen LogP contribution in [0, 0.1) is 11.8 Å². The third-order valence-electron chi connectivity index (χ3n) is 5.42. The van der Waals surface area contributed by atoms with Gasteiger partial charge in [0.25, 0.3) is 0 Å². The van der Waals surface area contributed by atoms with E-state index in [1.54, 1.807) is 13.8 Å². The summed E-state index contributed by atoms with van der Waals surface area (Å²) in [7, 11) is 0. The predicted octanol–water partition coefficient (Wildman–Crippen LogP) is 3.28. The van der Waals surface area contributed by atoms with E-state index in [2.05, 4.69) is 4.74 Å². The van der Waals surface area contributed by atoms with Gasteiger partial charge in [0.1, 0.15) is 17.6 Å². The topological polar surface area (TPSA) is 88.1 Å². The molecule has 1 spiro atoms. The Morgan fingerprint density at radius 3 is 2.03 bits per heavy atom. The highest BCUT2D eigenvalue weighted by Gasteiger charge is 2.57. The molecule has 7 nitrogen and oxygen atoms in total. The lowest BCUT2D eigenvalue weighted by Crippen LogP contribution is -2.51. The second-order valence-corrected chi connectivity index (χ2v) is 7.70. The molecule has 3 rings (SSSR count). The third-order valence-corrected chi connectivity index (χ3v) is 5.42. The van der Waals surface area contributed by atoms with Gasteiger partial charge < -0.3 is 18.9 Å². The smallest absolute Gasteiger partial charge is 0.316 e. The molecule has 2 saturated carbocycles. The molecule has 0 aromatic rings. The maximum Gasteiger partial charge on any atom is 0.316 e. The normalized spacial score (nSPS) is 28.4. The van der Waals surface area contributed by atoms with E-state index in [4.69, 9.17) is 14.2 Å². The summed E-state index contributed by atoms with van der Waals surface area (Å²) < 4.78 is 72.7. The molecule has 11 heteroatoms. The van der Waals surface area contributed by atoms with Crippen LogP contribution in [0.5, 0.6) is 0 Å². The Kier molecular flexibility index (Phi) is 8.43. The second kappa shape index (κ2) is 10.2. The van der Waals surface area contributed by atoms with E-state index in [0.717, 1.165) is 0 Å². The van der Waals surface area contributed by atoms with Crippen LogP contribution in [-0.2, 0) is 33.3 Å². The molecule has 1 saturated heterocycles. The molecule has 0 N–H and O–H groups in total. The molecule has 1 aliphatic heterocycles. The molecule has 0 aromatic heterocycles. The van der Waals surface area contributed by atoms with Crippen LogP contribution in [0.2, 0.25) is 0 Å². The number of rotatable bonds is 4. The molecule has 31 heavy (non-hydrogen) atoms. The van der Waals surface area contributed by atoms with Gasteiger partial charge in [-0.1, -0.05) is 0 Å². The van der Waals surface area contributed by atoms with Crippen LogP contribution < -0.4 is 0 Å². The Hall–Kier alpha value is -1.75. The number of esters is 2. The minimum Gasteiger partial charge on any atom is -0.466 e. The van der Waals surface area contributed by atoms with Crippen molar-refractivity contribution in [3.8, 4) is 0 Å². The summed E-state index contributed by atoms with van der Waals surface area (Å²) in [4.78, 5) is 34.0. The first-order valence-electron chi connectivity index (χ1n) is 10.3. The molecule has 2 aliphatic carbocycles. The van der Waals surface area contributed by atoms with Crippen LogP contribution in [0.4, 0.5) is 17.6 Å². The van der Waals surface area contributed by atoms with E-state index < -0.39 is 66.5 Å². The largest absolute Gasteiger partial charge is 0.466 e. The van der Waals surface area contributed by atoms with Crippen molar-refractivity contribution in [3.63, 3.8) is 0 Å². The number of carbonyl (C=O) groups is 3. The first kappa shape index (κ1) is 25.5. The first-order valence-corrected chi connectivity index (χ1v) is 10.3. The molecule has 0 amide bonds. The van der Waals surface area contributed by atoms with Crippen molar-refractivity contribution in [2.75, 3.05) is 26.4 Å². The number of alkyl halides is 4. The second-order valence-electron chi connectivity index (χ2n) is 7.70. The van der Waals surface area contributed by atoms with Crippen LogP contribution in [0.15, 0.2) is 0 Å². The van der Waals surface area contributed by atoms with E-state index in [1.807, 2.05) is 0 Å². The summed E-state index contributed by atoms with van der Waals surface area (Å²) in [6.07, 6.45) is -2.25. The van der Waals surface area contributed by atoms with E-state index in [-0.39, 0.29) is 32.5 Å². The average Bonchev–Trinajstić information content (AvgIpc) is 3.16. The lowest BCUT2D eigenvalue weighted by molar-refractivity contribution is -0.249. The van der Waals surface area contributed by atoms with Crippen molar-refractivity contribution >= 4 is 17.7 Å². The van der Waals surface area contributed by atoms with Gasteiger partial charge in [-0.2, -0.15) is 0 Å². The number of ether oxygens (including phenoxy) is 4. The summed E-state index contributed by atoms with van der Waals surface area (Å²) in [5, 5.41) is 0. The van der Waals surface area contributed by atoms with Gasteiger partial charge >= 0.3 is 11.9 Å². The van der Waals surface area contributed by atoms with Gasteiger partial charge in [-0.3, -0.25) is 14.4 Å². The third kappa shape index (κ3) is 6.61. The maximum absolute atomic E-state index is 13.4. The Morgan fingerprint density at radius 1 is 0.903 bits per heavy atom. The van der Waals surface area contributed by atoms with Crippen molar-refractivity contribution in [1.82, 2.24) is 0 Å². The minimum atomic E-state index is -2.91. The number of halogens is 4. The molecule has 2 unspecified atom stereocenters. The van der Waals surface area contributed by atoms with Crippen molar-refractivity contribution in [1.29, 1.82) is 0 Å². The number of Topliss-reactive ketones (excluding diaryl/α,β-unsaturated/α-hetero) is 1. The molecule has 0 bridgehead atoms. The van der Waals surface area contributed by atoms with Crippen LogP contribution in [0.3, 0.4) is 0 Å². The van der Waals surface area contributed by atoms with E-state index in [1.165, 1.54) is 0 Å². The minimum absolute atomic E-state index is 0.0312. The molecule has 0 radical (unpaired) electrons. The summed E-state index contributed by atoms with van der Waals surface area (Å²) in [5.74, 6) is -11.2. The predicted molar refractivity (Wildman–Crippen MR) is 97.5 cm³/mol. The highest BCUT2D eigenvalue weighted by molar-refractivity contribution is 5.99. The zero-order valence-electron chi connectivity index (χ0n) is 17.6. The quantitative estimate of drug-likeness (QED) is 0.364. The fraction of sp³-hybridized carbons (Fsp3) is 0.850. The molecule has 2 atom stereocenters. The van der Waals surface area contributed by atoms with Crippen LogP contribution >= 0.6 is 0 Å². The first-order chi connectivity index (χ1) is 14.5. The van der Waals surface area contributed by atoms with Gasteiger partial charge in [-0.15, -0.1) is 0 Å². The maximum atomic E-state index is 13.4. The SMILES string of the molecule is CCOC(=O)C1CC(F)(F)CCC12OCCO2.CCOC(=O)C1CC(F)(F)CCC1=O. The van der Waals surface area contributed by atoms with Gasteiger partial charge in [0.15, 0.2) is 5.79 Å². The van der Waals surface area contributed by atoms with Gasteiger partial charge in [0.05, 0.1) is 26.4 Å². The Morgan fingerprint density at radius 2 is 1.45 bits per heavy atom. The zero-order chi connectivity index (χ0) is 23.3. The standard InChI is InChI=1S/C11H16F2O4.C9H12F2O3/c1-2-15-9(14)8-7-10(12,13)3-4-11(8)16-5-6-17-11;1-2-14-8(13)6-5-9(10,11)4-3-7(6)12/h8H,2-7H2,1H3;6H,2-5H2,1H3. The lowest BCUT2D eigenvalue weighted by Gasteiger charge is -2.40. The Labute approximate surface area is 177 Å². The monoisotopic (exact) mass is 456 g/mol. The van der Waals surface area contributed by atoms with Crippen LogP contribution in [-0.4, -0.2) is 61.8 Å². The summed E-state index contributed by atoms with van der Waals surface area (Å²) in [6, 6.07) is 0. The molecule has 3 fully saturated rings.